The van der Waals surface area contributed by atoms with Crippen LogP contribution < -0.4 is 4.74 Å². The number of phenols is 1. The zero-order valence-electron chi connectivity index (χ0n) is 10.2. The second-order valence-electron chi connectivity index (χ2n) is 3.81. The van der Waals surface area contributed by atoms with E-state index in [4.69, 9.17) is 9.94 Å². The van der Waals surface area contributed by atoms with Crippen LogP contribution in [0.4, 0.5) is 4.39 Å². The summed E-state index contributed by atoms with van der Waals surface area (Å²) in [6.45, 7) is 0. The minimum Gasteiger partial charge on any atom is -0.507 e. The molecule has 0 atom stereocenters. The Labute approximate surface area is 109 Å². The fourth-order valence-corrected chi connectivity index (χ4v) is 1.74. The molecule has 2 N–H and O–H groups in total. The van der Waals surface area contributed by atoms with Gasteiger partial charge in [-0.05, 0) is 24.3 Å². The lowest BCUT2D eigenvalue weighted by atomic mass is 10.0. The normalized spacial score (nSPS) is 11.4. The average molecular weight is 261 g/mol. The van der Waals surface area contributed by atoms with Crippen LogP contribution in [-0.2, 0) is 0 Å². The average Bonchev–Trinajstić information content (AvgIpc) is 2.43. The van der Waals surface area contributed by atoms with Crippen LogP contribution in [0.1, 0.15) is 11.1 Å². The zero-order valence-corrected chi connectivity index (χ0v) is 10.2. The minimum atomic E-state index is -0.537. The van der Waals surface area contributed by atoms with Crippen LogP contribution in [0.25, 0.3) is 0 Å². The molecule has 0 aliphatic carbocycles. The Morgan fingerprint density at radius 2 is 1.89 bits per heavy atom. The predicted octanol–water partition coefficient (Wildman–Crippen LogP) is 2.77. The molecule has 0 saturated carbocycles. The number of aromatic hydroxyl groups is 1. The van der Waals surface area contributed by atoms with E-state index in [9.17, 15) is 9.50 Å². The van der Waals surface area contributed by atoms with Crippen LogP contribution in [0, 0.1) is 5.82 Å². The Balaban J connectivity index is 2.53. The number of rotatable bonds is 3. The van der Waals surface area contributed by atoms with Gasteiger partial charge < -0.3 is 15.1 Å². The molecule has 0 aromatic heterocycles. The van der Waals surface area contributed by atoms with E-state index in [1.807, 2.05) is 0 Å². The quantitative estimate of drug-likeness (QED) is 0.507. The first-order valence-corrected chi connectivity index (χ1v) is 5.51. The van der Waals surface area contributed by atoms with E-state index in [2.05, 4.69) is 5.16 Å². The molecule has 2 aromatic rings. The van der Waals surface area contributed by atoms with E-state index < -0.39 is 5.82 Å². The van der Waals surface area contributed by atoms with Crippen molar-refractivity contribution in [3.8, 4) is 11.5 Å². The van der Waals surface area contributed by atoms with Crippen LogP contribution in [-0.4, -0.2) is 23.1 Å². The molecule has 0 amide bonds. The Hall–Kier alpha value is -2.56. The van der Waals surface area contributed by atoms with Crippen molar-refractivity contribution in [3.63, 3.8) is 0 Å². The van der Waals surface area contributed by atoms with Crippen molar-refractivity contribution >= 4 is 5.71 Å². The fourth-order valence-electron chi connectivity index (χ4n) is 1.74. The highest BCUT2D eigenvalue weighted by Crippen LogP contribution is 2.26. The van der Waals surface area contributed by atoms with Gasteiger partial charge in [0.25, 0.3) is 0 Å². The summed E-state index contributed by atoms with van der Waals surface area (Å²) in [5, 5.41) is 22.1. The summed E-state index contributed by atoms with van der Waals surface area (Å²) < 4.78 is 18.6. The predicted molar refractivity (Wildman–Crippen MR) is 68.5 cm³/mol. The Bertz CT molecular complexity index is 626. The van der Waals surface area contributed by atoms with Gasteiger partial charge in [-0.2, -0.15) is 0 Å². The second-order valence-corrected chi connectivity index (χ2v) is 3.81. The number of benzene rings is 2. The van der Waals surface area contributed by atoms with E-state index in [-0.39, 0.29) is 22.6 Å². The van der Waals surface area contributed by atoms with Crippen LogP contribution in [0.15, 0.2) is 47.6 Å². The first-order chi connectivity index (χ1) is 9.17. The number of ether oxygens (including phenoxy) is 1. The van der Waals surface area contributed by atoms with E-state index in [1.165, 1.54) is 37.4 Å². The highest BCUT2D eigenvalue weighted by Gasteiger charge is 2.16. The highest BCUT2D eigenvalue weighted by atomic mass is 19.1. The van der Waals surface area contributed by atoms with Crippen LogP contribution >= 0.6 is 0 Å². The van der Waals surface area contributed by atoms with E-state index in [0.717, 1.165) is 0 Å². The largest absolute Gasteiger partial charge is 0.507 e. The summed E-state index contributed by atoms with van der Waals surface area (Å²) in [5.41, 5.74) is 0.275. The van der Waals surface area contributed by atoms with Gasteiger partial charge in [-0.1, -0.05) is 17.3 Å². The van der Waals surface area contributed by atoms with Gasteiger partial charge in [0.2, 0.25) is 0 Å². The second kappa shape index (κ2) is 5.39. The van der Waals surface area contributed by atoms with Crippen molar-refractivity contribution in [1.29, 1.82) is 0 Å². The summed E-state index contributed by atoms with van der Waals surface area (Å²) >= 11 is 0. The number of hydrogen-bond acceptors (Lipinski definition) is 4. The van der Waals surface area contributed by atoms with Crippen molar-refractivity contribution in [2.45, 2.75) is 0 Å². The molecular formula is C14H12FNO3. The first kappa shape index (κ1) is 12.9. The third kappa shape index (κ3) is 2.49. The van der Waals surface area contributed by atoms with Gasteiger partial charge in [0.1, 0.15) is 23.0 Å². The number of halogens is 1. The zero-order chi connectivity index (χ0) is 13.8. The molecule has 98 valence electrons. The number of nitrogens with zero attached hydrogens (tertiary/aromatic N) is 1. The lowest BCUT2D eigenvalue weighted by Crippen LogP contribution is -2.06. The van der Waals surface area contributed by atoms with Gasteiger partial charge in [0.15, 0.2) is 0 Å². The third-order valence-electron chi connectivity index (χ3n) is 2.69. The number of oxime groups is 1. The molecule has 0 spiro atoms. The summed E-state index contributed by atoms with van der Waals surface area (Å²) in [6.07, 6.45) is 0. The van der Waals surface area contributed by atoms with Crippen molar-refractivity contribution < 1.29 is 19.4 Å². The molecule has 2 rings (SSSR count). The van der Waals surface area contributed by atoms with Gasteiger partial charge in [0.05, 0.1) is 7.11 Å². The molecule has 0 saturated heterocycles. The van der Waals surface area contributed by atoms with Crippen molar-refractivity contribution in [2.75, 3.05) is 7.11 Å². The maximum absolute atomic E-state index is 13.7. The highest BCUT2D eigenvalue weighted by molar-refractivity contribution is 6.14. The number of phenolic OH excluding ortho intramolecular Hbond substituents is 1. The molecule has 0 radical (unpaired) electrons. The molecule has 0 fully saturated rings. The summed E-state index contributed by atoms with van der Waals surface area (Å²) in [6, 6.07) is 10.3. The SMILES string of the molecule is COc1ccc(/C(=N/O)c2ccccc2F)c(O)c1. The van der Waals surface area contributed by atoms with Crippen LogP contribution in [0.2, 0.25) is 0 Å². The molecule has 0 aliphatic rings. The maximum Gasteiger partial charge on any atom is 0.132 e. The third-order valence-corrected chi connectivity index (χ3v) is 2.69. The Morgan fingerprint density at radius 3 is 2.47 bits per heavy atom. The smallest absolute Gasteiger partial charge is 0.132 e. The Kier molecular flexibility index (Phi) is 3.66. The van der Waals surface area contributed by atoms with Crippen LogP contribution in [0.3, 0.4) is 0 Å². The molecule has 5 heteroatoms. The fraction of sp³-hybridized carbons (Fsp3) is 0.0714. The molecule has 2 aromatic carbocycles. The topological polar surface area (TPSA) is 62.0 Å². The first-order valence-electron chi connectivity index (χ1n) is 5.51. The van der Waals surface area contributed by atoms with E-state index >= 15 is 0 Å². The van der Waals surface area contributed by atoms with Gasteiger partial charge in [-0.3, -0.25) is 0 Å². The molecule has 0 aliphatic heterocycles. The van der Waals surface area contributed by atoms with Crippen molar-refractivity contribution in [1.82, 2.24) is 0 Å². The number of hydrogen-bond donors (Lipinski definition) is 2. The minimum absolute atomic E-state index is 0.0433. The van der Waals surface area contributed by atoms with Gasteiger partial charge in [-0.25, -0.2) is 4.39 Å². The summed E-state index contributed by atoms with van der Waals surface area (Å²) in [4.78, 5) is 0. The molecule has 4 nitrogen and oxygen atoms in total. The van der Waals surface area contributed by atoms with Gasteiger partial charge >= 0.3 is 0 Å². The number of methoxy groups -OCH3 is 1. The maximum atomic E-state index is 13.7. The molecule has 0 unspecified atom stereocenters. The van der Waals surface area contributed by atoms with Gasteiger partial charge in [0, 0.05) is 17.2 Å². The lowest BCUT2D eigenvalue weighted by Gasteiger charge is -2.09. The standard InChI is InChI=1S/C14H12FNO3/c1-19-9-6-7-11(13(17)8-9)14(16-18)10-4-2-3-5-12(10)15/h2-8,17-18H,1H3/b16-14+. The van der Waals surface area contributed by atoms with Crippen molar-refractivity contribution in [3.05, 3.63) is 59.4 Å². The Morgan fingerprint density at radius 1 is 1.16 bits per heavy atom. The summed E-state index contributed by atoms with van der Waals surface area (Å²) in [5.74, 6) is -0.243. The van der Waals surface area contributed by atoms with Crippen molar-refractivity contribution in [2.24, 2.45) is 5.16 Å². The molecule has 0 bridgehead atoms. The molecule has 19 heavy (non-hydrogen) atoms. The van der Waals surface area contributed by atoms with Crippen LogP contribution in [0.5, 0.6) is 11.5 Å². The lowest BCUT2D eigenvalue weighted by molar-refractivity contribution is 0.319. The van der Waals surface area contributed by atoms with Gasteiger partial charge in [-0.15, -0.1) is 0 Å². The molecular weight excluding hydrogens is 249 g/mol. The summed E-state index contributed by atoms with van der Waals surface area (Å²) in [7, 11) is 1.46. The van der Waals surface area contributed by atoms with E-state index in [0.29, 0.717) is 5.75 Å². The molecule has 0 heterocycles. The van der Waals surface area contributed by atoms with E-state index in [1.54, 1.807) is 12.1 Å². The monoisotopic (exact) mass is 261 g/mol.